The van der Waals surface area contributed by atoms with Crippen molar-refractivity contribution in [3.63, 3.8) is 0 Å². The number of urea groups is 1. The van der Waals surface area contributed by atoms with Gasteiger partial charge in [-0.3, -0.25) is 14.9 Å². The third-order valence-corrected chi connectivity index (χ3v) is 6.47. The molecule has 2 aromatic carbocycles. The van der Waals surface area contributed by atoms with Crippen LogP contribution in [0.3, 0.4) is 0 Å². The first-order valence-corrected chi connectivity index (χ1v) is 11.1. The maximum Gasteiger partial charge on any atom is 0.335 e. The van der Waals surface area contributed by atoms with Gasteiger partial charge in [-0.25, -0.2) is 9.69 Å². The van der Waals surface area contributed by atoms with E-state index in [1.165, 1.54) is 17.8 Å². The zero-order valence-corrected chi connectivity index (χ0v) is 18.8. The molecule has 4 rings (SSSR count). The Hall–Kier alpha value is -3.10. The maximum absolute atomic E-state index is 13.0. The van der Waals surface area contributed by atoms with Gasteiger partial charge in [0.1, 0.15) is 11.3 Å². The lowest BCUT2D eigenvalue weighted by Crippen LogP contribution is -2.54. The first-order chi connectivity index (χ1) is 15.0. The van der Waals surface area contributed by atoms with Gasteiger partial charge in [-0.15, -0.1) is 0 Å². The monoisotopic (exact) mass is 496 g/mol. The van der Waals surface area contributed by atoms with Crippen LogP contribution in [0.2, 0.25) is 0 Å². The first-order valence-electron chi connectivity index (χ1n) is 9.49. The standard InChI is InChI=1S/C23H17BrN2O4S/c1-2-14-8-10-15(11-9-14)26-21(28)18(20(27)25-23(26)29)12-16-13-19(24)22(30-16)31-17-6-4-3-5-7-17/h3-13H,2H2,1H3,(H,25,27,29)/b18-12+. The molecule has 0 radical (unpaired) electrons. The number of hydrogen-bond acceptors (Lipinski definition) is 5. The number of carbonyl (C=O) groups is 3. The maximum atomic E-state index is 13.0. The van der Waals surface area contributed by atoms with E-state index in [9.17, 15) is 14.4 Å². The number of nitrogens with one attached hydrogen (secondary N) is 1. The van der Waals surface area contributed by atoms with Gasteiger partial charge >= 0.3 is 6.03 Å². The largest absolute Gasteiger partial charge is 0.449 e. The fourth-order valence-corrected chi connectivity index (χ4v) is 4.37. The predicted octanol–water partition coefficient (Wildman–Crippen LogP) is 5.42. The topological polar surface area (TPSA) is 79.6 Å². The molecule has 0 atom stereocenters. The number of nitrogens with zero attached hydrogens (tertiary/aromatic N) is 1. The van der Waals surface area contributed by atoms with Crippen molar-refractivity contribution in [1.29, 1.82) is 0 Å². The van der Waals surface area contributed by atoms with Crippen LogP contribution in [0.5, 0.6) is 0 Å². The van der Waals surface area contributed by atoms with Crippen molar-refractivity contribution in [1.82, 2.24) is 5.32 Å². The Labute approximate surface area is 191 Å². The smallest absolute Gasteiger partial charge is 0.335 e. The summed E-state index contributed by atoms with van der Waals surface area (Å²) in [7, 11) is 0. The first kappa shape index (κ1) is 21.1. The van der Waals surface area contributed by atoms with Gasteiger partial charge in [0.15, 0.2) is 5.09 Å². The summed E-state index contributed by atoms with van der Waals surface area (Å²) in [6.45, 7) is 2.01. The van der Waals surface area contributed by atoms with Crippen LogP contribution < -0.4 is 10.2 Å². The second-order valence-corrected chi connectivity index (χ2v) is 8.58. The number of anilines is 1. The van der Waals surface area contributed by atoms with Crippen LogP contribution in [0.1, 0.15) is 18.2 Å². The third-order valence-electron chi connectivity index (χ3n) is 4.62. The lowest BCUT2D eigenvalue weighted by atomic mass is 10.1. The van der Waals surface area contributed by atoms with E-state index in [1.807, 2.05) is 49.4 Å². The van der Waals surface area contributed by atoms with E-state index in [0.29, 0.717) is 21.0 Å². The van der Waals surface area contributed by atoms with Gasteiger partial charge in [0.05, 0.1) is 10.2 Å². The van der Waals surface area contributed by atoms with Gasteiger partial charge in [0.2, 0.25) is 0 Å². The molecule has 1 N–H and O–H groups in total. The van der Waals surface area contributed by atoms with Gasteiger partial charge in [0, 0.05) is 4.90 Å². The number of amides is 4. The number of benzene rings is 2. The van der Waals surface area contributed by atoms with E-state index in [1.54, 1.807) is 18.2 Å². The summed E-state index contributed by atoms with van der Waals surface area (Å²) in [5.41, 5.74) is 1.28. The van der Waals surface area contributed by atoms with E-state index in [0.717, 1.165) is 21.8 Å². The minimum Gasteiger partial charge on any atom is -0.449 e. The van der Waals surface area contributed by atoms with Crippen molar-refractivity contribution < 1.29 is 18.8 Å². The SMILES string of the molecule is CCc1ccc(N2C(=O)NC(=O)/C(=C\c3cc(Br)c(Sc4ccccc4)o3)C2=O)cc1. The molecule has 156 valence electrons. The number of hydrogen-bond donors (Lipinski definition) is 1. The van der Waals surface area contributed by atoms with E-state index in [4.69, 9.17) is 4.42 Å². The number of carbonyl (C=O) groups excluding carboxylic acids is 3. The normalized spacial score (nSPS) is 15.5. The molecule has 1 aromatic heterocycles. The number of furan rings is 1. The Kier molecular flexibility index (Phi) is 6.11. The molecule has 8 heteroatoms. The zero-order chi connectivity index (χ0) is 22.0. The molecule has 2 heterocycles. The molecule has 0 unspecified atom stereocenters. The van der Waals surface area contributed by atoms with Crippen molar-refractivity contribution in [3.05, 3.63) is 82.0 Å². The third kappa shape index (κ3) is 4.50. The number of rotatable bonds is 5. The Bertz CT molecular complexity index is 1190. The zero-order valence-electron chi connectivity index (χ0n) is 16.4. The van der Waals surface area contributed by atoms with Gasteiger partial charge < -0.3 is 4.42 Å². The van der Waals surface area contributed by atoms with Crippen LogP contribution >= 0.6 is 27.7 Å². The quantitative estimate of drug-likeness (QED) is 0.376. The van der Waals surface area contributed by atoms with E-state index in [-0.39, 0.29) is 5.57 Å². The predicted molar refractivity (Wildman–Crippen MR) is 122 cm³/mol. The van der Waals surface area contributed by atoms with Gasteiger partial charge in [-0.05, 0) is 64.3 Å². The summed E-state index contributed by atoms with van der Waals surface area (Å²) >= 11 is 4.85. The van der Waals surface area contributed by atoms with Crippen molar-refractivity contribution in [2.24, 2.45) is 0 Å². The number of aryl methyl sites for hydroxylation is 1. The summed E-state index contributed by atoms with van der Waals surface area (Å²) in [6.07, 6.45) is 2.18. The van der Waals surface area contributed by atoms with Crippen molar-refractivity contribution in [2.75, 3.05) is 4.90 Å². The highest BCUT2D eigenvalue weighted by atomic mass is 79.9. The molecule has 0 spiro atoms. The van der Waals surface area contributed by atoms with Crippen LogP contribution in [0.25, 0.3) is 6.08 Å². The minimum atomic E-state index is -0.780. The lowest BCUT2D eigenvalue weighted by molar-refractivity contribution is -0.122. The van der Waals surface area contributed by atoms with Gasteiger partial charge in [-0.2, -0.15) is 0 Å². The number of halogens is 1. The van der Waals surface area contributed by atoms with Crippen LogP contribution in [0, 0.1) is 0 Å². The fraction of sp³-hybridized carbons (Fsp3) is 0.0870. The molecule has 1 aliphatic heterocycles. The van der Waals surface area contributed by atoms with Crippen LogP contribution in [-0.4, -0.2) is 17.8 Å². The molecule has 0 bridgehead atoms. The Morgan fingerprint density at radius 3 is 2.45 bits per heavy atom. The van der Waals surface area contributed by atoms with Crippen molar-refractivity contribution in [2.45, 2.75) is 23.3 Å². The summed E-state index contributed by atoms with van der Waals surface area (Å²) in [4.78, 5) is 39.7. The van der Waals surface area contributed by atoms with Crippen LogP contribution in [0.15, 0.2) is 85.1 Å². The summed E-state index contributed by atoms with van der Waals surface area (Å²) in [5.74, 6) is -1.15. The highest BCUT2D eigenvalue weighted by Crippen LogP contribution is 2.36. The Morgan fingerprint density at radius 1 is 1.06 bits per heavy atom. The van der Waals surface area contributed by atoms with Crippen LogP contribution in [0.4, 0.5) is 10.5 Å². The molecule has 0 saturated carbocycles. The molecular formula is C23H17BrN2O4S. The Morgan fingerprint density at radius 2 is 1.77 bits per heavy atom. The molecule has 31 heavy (non-hydrogen) atoms. The molecule has 1 aliphatic rings. The molecule has 1 saturated heterocycles. The van der Waals surface area contributed by atoms with E-state index >= 15 is 0 Å². The number of imide groups is 2. The summed E-state index contributed by atoms with van der Waals surface area (Å²) in [5, 5.41) is 2.81. The van der Waals surface area contributed by atoms with Gasteiger partial charge in [0.25, 0.3) is 11.8 Å². The Balaban J connectivity index is 1.63. The highest BCUT2D eigenvalue weighted by molar-refractivity contribution is 9.10. The summed E-state index contributed by atoms with van der Waals surface area (Å²) < 4.78 is 6.51. The second-order valence-electron chi connectivity index (χ2n) is 6.68. The fourth-order valence-electron chi connectivity index (χ4n) is 3.02. The molecule has 0 aliphatic carbocycles. The lowest BCUT2D eigenvalue weighted by Gasteiger charge is -2.26. The van der Waals surface area contributed by atoms with Crippen LogP contribution in [-0.2, 0) is 16.0 Å². The van der Waals surface area contributed by atoms with Crippen molar-refractivity contribution in [3.8, 4) is 0 Å². The average molecular weight is 497 g/mol. The molecule has 6 nitrogen and oxygen atoms in total. The molecule has 3 aromatic rings. The minimum absolute atomic E-state index is 0.184. The number of barbiturate groups is 1. The van der Waals surface area contributed by atoms with E-state index in [2.05, 4.69) is 21.2 Å². The molecular weight excluding hydrogens is 480 g/mol. The summed E-state index contributed by atoms with van der Waals surface area (Å²) in [6, 6.07) is 17.6. The average Bonchev–Trinajstić information content (AvgIpc) is 3.11. The second kappa shape index (κ2) is 8.95. The van der Waals surface area contributed by atoms with Gasteiger partial charge in [-0.1, -0.05) is 49.0 Å². The van der Waals surface area contributed by atoms with E-state index < -0.39 is 17.8 Å². The van der Waals surface area contributed by atoms with Crippen molar-refractivity contribution >= 4 is 57.3 Å². The highest BCUT2D eigenvalue weighted by Gasteiger charge is 2.37. The molecule has 1 fully saturated rings. The molecule has 4 amide bonds.